The zero-order valence-corrected chi connectivity index (χ0v) is 13.5. The zero-order valence-electron chi connectivity index (χ0n) is 13.5. The monoisotopic (exact) mass is 321 g/mol. The van der Waals surface area contributed by atoms with Gasteiger partial charge in [-0.1, -0.05) is 12.1 Å². The van der Waals surface area contributed by atoms with E-state index < -0.39 is 0 Å². The number of rotatable bonds is 2. The Kier molecular flexibility index (Phi) is 3.69. The van der Waals surface area contributed by atoms with Gasteiger partial charge in [0.2, 0.25) is 0 Å². The highest BCUT2D eigenvalue weighted by Gasteiger charge is 2.32. The average Bonchev–Trinajstić information content (AvgIpc) is 2.79. The lowest BCUT2D eigenvalue weighted by molar-refractivity contribution is -0.116. The van der Waals surface area contributed by atoms with Gasteiger partial charge in [0.25, 0.3) is 0 Å². The highest BCUT2D eigenvalue weighted by atomic mass is 16.5. The number of methoxy groups -OCH3 is 1. The summed E-state index contributed by atoms with van der Waals surface area (Å²) >= 11 is 0. The summed E-state index contributed by atoms with van der Waals surface area (Å²) in [7, 11) is 1.65. The van der Waals surface area contributed by atoms with E-state index >= 15 is 0 Å². The molecule has 2 aromatic rings. The Morgan fingerprint density at radius 3 is 2.79 bits per heavy atom. The summed E-state index contributed by atoms with van der Waals surface area (Å²) in [6, 6.07) is 11.5. The van der Waals surface area contributed by atoms with Crippen LogP contribution >= 0.6 is 0 Å². The Bertz CT molecular complexity index is 812. The molecule has 1 atom stereocenters. The zero-order chi connectivity index (χ0) is 16.5. The van der Waals surface area contributed by atoms with Crippen LogP contribution in [-0.2, 0) is 4.79 Å². The number of anilines is 2. The minimum Gasteiger partial charge on any atom is -0.497 e. The number of nitrogens with one attached hydrogen (secondary N) is 2. The first-order valence-electron chi connectivity index (χ1n) is 8.15. The molecular formula is C19H19N3O2. The van der Waals surface area contributed by atoms with Crippen molar-refractivity contribution in [2.75, 3.05) is 17.7 Å². The van der Waals surface area contributed by atoms with Crippen molar-refractivity contribution in [2.45, 2.75) is 25.3 Å². The molecule has 0 radical (unpaired) electrons. The predicted octanol–water partition coefficient (Wildman–Crippen LogP) is 3.68. The highest BCUT2D eigenvalue weighted by Crippen LogP contribution is 2.39. The fourth-order valence-electron chi connectivity index (χ4n) is 3.37. The molecule has 0 unspecified atom stereocenters. The van der Waals surface area contributed by atoms with Crippen LogP contribution in [-0.4, -0.2) is 17.9 Å². The molecular weight excluding hydrogens is 302 g/mol. The second kappa shape index (κ2) is 6.00. The molecule has 1 aromatic carbocycles. The number of carbonyl (C=O) groups excluding carboxylic acids is 1. The van der Waals surface area contributed by atoms with Crippen LogP contribution in [0.1, 0.15) is 30.9 Å². The van der Waals surface area contributed by atoms with Crippen LogP contribution in [0.4, 0.5) is 11.5 Å². The van der Waals surface area contributed by atoms with Crippen molar-refractivity contribution < 1.29 is 9.53 Å². The van der Waals surface area contributed by atoms with Crippen molar-refractivity contribution >= 4 is 17.3 Å². The molecule has 1 aliphatic carbocycles. The van der Waals surface area contributed by atoms with Crippen molar-refractivity contribution in [1.29, 1.82) is 0 Å². The van der Waals surface area contributed by atoms with E-state index in [4.69, 9.17) is 4.74 Å². The molecule has 2 aliphatic rings. The Balaban J connectivity index is 1.83. The van der Waals surface area contributed by atoms with Gasteiger partial charge in [-0.25, -0.2) is 4.98 Å². The number of benzene rings is 1. The van der Waals surface area contributed by atoms with Crippen LogP contribution in [0.25, 0.3) is 0 Å². The van der Waals surface area contributed by atoms with Gasteiger partial charge < -0.3 is 15.4 Å². The smallest absolute Gasteiger partial charge is 0.163 e. The molecule has 0 spiro atoms. The molecule has 2 heterocycles. The Hall–Kier alpha value is -2.82. The summed E-state index contributed by atoms with van der Waals surface area (Å²) in [5.74, 6) is 1.76. The van der Waals surface area contributed by atoms with Gasteiger partial charge in [-0.2, -0.15) is 0 Å². The Morgan fingerprint density at radius 1 is 1.17 bits per heavy atom. The first-order chi connectivity index (χ1) is 11.8. The SMILES string of the molecule is COc1ccc([C@H]2Nc3ncccc3NC3=C2C(=O)CCC3)cc1. The number of fused-ring (bicyclic) bond motifs is 1. The van der Waals surface area contributed by atoms with E-state index in [2.05, 4.69) is 15.6 Å². The van der Waals surface area contributed by atoms with Crippen molar-refractivity contribution in [3.05, 3.63) is 59.4 Å². The molecule has 5 nitrogen and oxygen atoms in total. The molecule has 1 aliphatic heterocycles. The number of aromatic nitrogens is 1. The Labute approximate surface area is 140 Å². The number of ketones is 1. The quantitative estimate of drug-likeness (QED) is 0.883. The van der Waals surface area contributed by atoms with Crippen LogP contribution < -0.4 is 15.4 Å². The maximum Gasteiger partial charge on any atom is 0.163 e. The number of hydrogen-bond donors (Lipinski definition) is 2. The third-order valence-electron chi connectivity index (χ3n) is 4.57. The molecule has 0 fully saturated rings. The van der Waals surface area contributed by atoms with Gasteiger partial charge in [0.1, 0.15) is 11.6 Å². The van der Waals surface area contributed by atoms with Crippen LogP contribution in [0.3, 0.4) is 0 Å². The van der Waals surface area contributed by atoms with Crippen LogP contribution in [0.2, 0.25) is 0 Å². The molecule has 0 saturated carbocycles. The summed E-state index contributed by atoms with van der Waals surface area (Å²) in [6.45, 7) is 0. The lowest BCUT2D eigenvalue weighted by Crippen LogP contribution is -2.23. The van der Waals surface area contributed by atoms with Gasteiger partial charge in [0, 0.05) is 23.9 Å². The number of ether oxygens (including phenoxy) is 1. The van der Waals surface area contributed by atoms with Gasteiger partial charge in [0.05, 0.1) is 18.8 Å². The Morgan fingerprint density at radius 2 is 2.00 bits per heavy atom. The van der Waals surface area contributed by atoms with Crippen molar-refractivity contribution in [2.24, 2.45) is 0 Å². The first kappa shape index (κ1) is 14.8. The van der Waals surface area contributed by atoms with E-state index in [1.807, 2.05) is 36.4 Å². The molecule has 1 aromatic heterocycles. The maximum atomic E-state index is 12.7. The lowest BCUT2D eigenvalue weighted by atomic mass is 9.87. The van der Waals surface area contributed by atoms with Gasteiger partial charge in [-0.15, -0.1) is 0 Å². The second-order valence-electron chi connectivity index (χ2n) is 6.04. The molecule has 2 N–H and O–H groups in total. The number of Topliss-reactive ketones (excluding diaryl/α,β-unsaturated/α-hetero) is 1. The van der Waals surface area contributed by atoms with Crippen molar-refractivity contribution in [1.82, 2.24) is 4.98 Å². The molecule has 4 rings (SSSR count). The molecule has 24 heavy (non-hydrogen) atoms. The normalized spacial score (nSPS) is 19.5. The average molecular weight is 321 g/mol. The minimum absolute atomic E-state index is 0.199. The van der Waals surface area contributed by atoms with Gasteiger partial charge in [0.15, 0.2) is 5.78 Å². The summed E-state index contributed by atoms with van der Waals surface area (Å²) in [4.78, 5) is 17.1. The van der Waals surface area contributed by atoms with Crippen LogP contribution in [0, 0.1) is 0 Å². The summed E-state index contributed by atoms with van der Waals surface area (Å²) < 4.78 is 5.24. The minimum atomic E-state index is -0.206. The number of pyridine rings is 1. The number of allylic oxidation sites excluding steroid dienone is 1. The topological polar surface area (TPSA) is 63.2 Å². The summed E-state index contributed by atoms with van der Waals surface area (Å²) in [5.41, 5.74) is 3.77. The van der Waals surface area contributed by atoms with Crippen molar-refractivity contribution in [3.8, 4) is 5.75 Å². The molecule has 122 valence electrons. The van der Waals surface area contributed by atoms with E-state index in [0.717, 1.165) is 46.9 Å². The van der Waals surface area contributed by atoms with Gasteiger partial charge in [-0.05, 0) is 42.7 Å². The second-order valence-corrected chi connectivity index (χ2v) is 6.04. The summed E-state index contributed by atoms with van der Waals surface area (Å²) in [6.07, 6.45) is 4.11. The van der Waals surface area contributed by atoms with Crippen LogP contribution in [0.15, 0.2) is 53.9 Å². The standard InChI is InChI=1S/C19H19N3O2/c1-24-13-9-7-12(8-10-13)18-17-14(4-2-6-16(17)23)21-15-5-3-11-20-19(15)22-18/h3,5,7-11,18,21H,2,4,6H2,1H3,(H,20,22)/t18-/m1/s1. The highest BCUT2D eigenvalue weighted by molar-refractivity contribution is 6.00. The lowest BCUT2D eigenvalue weighted by Gasteiger charge is -2.25. The van der Waals surface area contributed by atoms with E-state index in [1.165, 1.54) is 0 Å². The third kappa shape index (κ3) is 2.52. The fraction of sp³-hybridized carbons (Fsp3) is 0.263. The predicted molar refractivity (Wildman–Crippen MR) is 93.1 cm³/mol. The first-order valence-corrected chi connectivity index (χ1v) is 8.15. The summed E-state index contributed by atoms with van der Waals surface area (Å²) in [5, 5.41) is 6.87. The number of carbonyl (C=O) groups is 1. The van der Waals surface area contributed by atoms with Gasteiger partial charge >= 0.3 is 0 Å². The van der Waals surface area contributed by atoms with Crippen molar-refractivity contribution in [3.63, 3.8) is 0 Å². The van der Waals surface area contributed by atoms with E-state index in [-0.39, 0.29) is 11.8 Å². The fourth-order valence-corrected chi connectivity index (χ4v) is 3.37. The third-order valence-corrected chi connectivity index (χ3v) is 4.57. The molecule has 0 bridgehead atoms. The molecule has 5 heteroatoms. The van der Waals surface area contributed by atoms with E-state index in [1.54, 1.807) is 13.3 Å². The van der Waals surface area contributed by atoms with E-state index in [9.17, 15) is 4.79 Å². The number of nitrogens with zero attached hydrogens (tertiary/aromatic N) is 1. The molecule has 0 saturated heterocycles. The number of hydrogen-bond acceptors (Lipinski definition) is 5. The van der Waals surface area contributed by atoms with E-state index in [0.29, 0.717) is 6.42 Å². The van der Waals surface area contributed by atoms with Crippen LogP contribution in [0.5, 0.6) is 5.75 Å². The largest absolute Gasteiger partial charge is 0.497 e. The molecule has 0 amide bonds. The van der Waals surface area contributed by atoms with Gasteiger partial charge in [-0.3, -0.25) is 4.79 Å². The maximum absolute atomic E-state index is 12.7.